The number of urea groups is 1. The lowest BCUT2D eigenvalue weighted by Crippen LogP contribution is -2.59. The largest absolute Gasteiger partial charge is 0.391 e. The Hall–Kier alpha value is -0.840. The molecule has 0 aromatic heterocycles. The van der Waals surface area contributed by atoms with Gasteiger partial charge in [0.25, 0.3) is 0 Å². The Balaban J connectivity index is 2.69. The van der Waals surface area contributed by atoms with Crippen LogP contribution in [-0.2, 0) is 0 Å². The average Bonchev–Trinajstić information content (AvgIpc) is 2.35. The third-order valence-corrected chi connectivity index (χ3v) is 4.36. The molecule has 0 aromatic rings. The van der Waals surface area contributed by atoms with E-state index >= 15 is 0 Å². The number of likely N-dealkylation sites (tertiary alicyclic amines) is 1. The molecule has 104 valence electrons. The Morgan fingerprint density at radius 3 is 2.56 bits per heavy atom. The molecule has 0 spiro atoms. The molecule has 2 amide bonds. The van der Waals surface area contributed by atoms with Crippen LogP contribution in [0.15, 0.2) is 0 Å². The normalized spacial score (nSPS) is 20.6. The minimum Gasteiger partial charge on any atom is -0.391 e. The fourth-order valence-corrected chi connectivity index (χ4v) is 2.83. The topological polar surface area (TPSA) is 58.4 Å². The number of carbonyl (C=O) groups excluding carboxylic acids is 1. The van der Waals surface area contributed by atoms with Crippen LogP contribution in [-0.4, -0.2) is 34.5 Å². The second-order valence-electron chi connectivity index (χ2n) is 5.28. The van der Waals surface area contributed by atoms with Crippen LogP contribution < -0.4 is 11.1 Å². The lowest BCUT2D eigenvalue weighted by molar-refractivity contribution is 0.162. The Morgan fingerprint density at radius 2 is 2.11 bits per heavy atom. The standard InChI is InChI=1S/C13H25N3OS/c1-4-13(5-2,11(14)18)15-12(17)16-8-6-7-10(3)9-16/h10H,4-9H2,1-3H3,(H2,14,18)(H,15,17). The van der Waals surface area contributed by atoms with Gasteiger partial charge in [0.1, 0.15) is 0 Å². The predicted octanol–water partition coefficient (Wildman–Crippen LogP) is 2.27. The number of hydrogen-bond acceptors (Lipinski definition) is 2. The number of piperidine rings is 1. The Morgan fingerprint density at radius 1 is 1.50 bits per heavy atom. The monoisotopic (exact) mass is 271 g/mol. The molecule has 1 unspecified atom stereocenters. The molecule has 4 nitrogen and oxygen atoms in total. The summed E-state index contributed by atoms with van der Waals surface area (Å²) in [6, 6.07) is -0.0296. The molecule has 0 bridgehead atoms. The summed E-state index contributed by atoms with van der Waals surface area (Å²) in [5.41, 5.74) is 5.26. The zero-order chi connectivity index (χ0) is 13.8. The van der Waals surface area contributed by atoms with Gasteiger partial charge in [-0.15, -0.1) is 0 Å². The molecule has 1 saturated heterocycles. The van der Waals surface area contributed by atoms with E-state index in [1.165, 1.54) is 6.42 Å². The minimum absolute atomic E-state index is 0.0296. The number of nitrogens with two attached hydrogens (primary N) is 1. The lowest BCUT2D eigenvalue weighted by Gasteiger charge is -2.37. The molecule has 1 atom stereocenters. The number of carbonyl (C=O) groups is 1. The molecule has 0 radical (unpaired) electrons. The van der Waals surface area contributed by atoms with Gasteiger partial charge >= 0.3 is 6.03 Å². The first-order valence-electron chi connectivity index (χ1n) is 6.82. The molecule has 5 heteroatoms. The maximum atomic E-state index is 12.3. The maximum Gasteiger partial charge on any atom is 0.318 e. The highest BCUT2D eigenvalue weighted by atomic mass is 32.1. The molecule has 1 aliphatic rings. The SMILES string of the molecule is CCC(CC)(NC(=O)N1CCCC(C)C1)C(N)=S. The Bertz CT molecular complexity index is 315. The summed E-state index contributed by atoms with van der Waals surface area (Å²) >= 11 is 5.12. The number of rotatable bonds is 4. The first-order chi connectivity index (χ1) is 8.45. The molecule has 0 aromatic carbocycles. The number of thiocarbonyl (C=S) groups is 1. The van der Waals surface area contributed by atoms with Crippen molar-refractivity contribution in [1.29, 1.82) is 0 Å². The van der Waals surface area contributed by atoms with Crippen molar-refractivity contribution in [3.8, 4) is 0 Å². The summed E-state index contributed by atoms with van der Waals surface area (Å²) < 4.78 is 0. The van der Waals surface area contributed by atoms with E-state index < -0.39 is 5.54 Å². The number of nitrogens with zero attached hydrogens (tertiary/aromatic N) is 1. The van der Waals surface area contributed by atoms with Crippen LogP contribution in [0.3, 0.4) is 0 Å². The van der Waals surface area contributed by atoms with E-state index in [-0.39, 0.29) is 6.03 Å². The van der Waals surface area contributed by atoms with Crippen molar-refractivity contribution >= 4 is 23.2 Å². The molecule has 1 fully saturated rings. The predicted molar refractivity (Wildman–Crippen MR) is 78.6 cm³/mol. The smallest absolute Gasteiger partial charge is 0.318 e. The van der Waals surface area contributed by atoms with Crippen molar-refractivity contribution < 1.29 is 4.79 Å². The lowest BCUT2D eigenvalue weighted by atomic mass is 9.93. The second kappa shape index (κ2) is 6.36. The highest BCUT2D eigenvalue weighted by Gasteiger charge is 2.33. The third-order valence-electron chi connectivity index (χ3n) is 3.97. The summed E-state index contributed by atoms with van der Waals surface area (Å²) in [7, 11) is 0. The van der Waals surface area contributed by atoms with Gasteiger partial charge in [0.2, 0.25) is 0 Å². The van der Waals surface area contributed by atoms with E-state index in [4.69, 9.17) is 18.0 Å². The van der Waals surface area contributed by atoms with E-state index in [0.717, 1.165) is 32.4 Å². The van der Waals surface area contributed by atoms with Gasteiger partial charge in [0.05, 0.1) is 10.5 Å². The second-order valence-corrected chi connectivity index (χ2v) is 5.72. The van der Waals surface area contributed by atoms with Gasteiger partial charge in [0, 0.05) is 13.1 Å². The van der Waals surface area contributed by atoms with Gasteiger partial charge in [-0.3, -0.25) is 0 Å². The quantitative estimate of drug-likeness (QED) is 0.771. The van der Waals surface area contributed by atoms with Crippen LogP contribution in [0.1, 0.15) is 46.5 Å². The van der Waals surface area contributed by atoms with Crippen molar-refractivity contribution in [1.82, 2.24) is 10.2 Å². The van der Waals surface area contributed by atoms with Gasteiger partial charge in [-0.1, -0.05) is 33.0 Å². The van der Waals surface area contributed by atoms with Crippen LogP contribution in [0.2, 0.25) is 0 Å². The molecular formula is C13H25N3OS. The van der Waals surface area contributed by atoms with Crippen LogP contribution in [0.5, 0.6) is 0 Å². The number of nitrogens with one attached hydrogen (secondary N) is 1. The first kappa shape index (κ1) is 15.2. The first-order valence-corrected chi connectivity index (χ1v) is 7.23. The third kappa shape index (κ3) is 3.34. The average molecular weight is 271 g/mol. The highest BCUT2D eigenvalue weighted by molar-refractivity contribution is 7.80. The summed E-state index contributed by atoms with van der Waals surface area (Å²) in [5.74, 6) is 0.576. The van der Waals surface area contributed by atoms with Crippen molar-refractivity contribution in [2.45, 2.75) is 52.0 Å². The number of hydrogen-bond donors (Lipinski definition) is 2. The van der Waals surface area contributed by atoms with Crippen molar-refractivity contribution in [3.63, 3.8) is 0 Å². The summed E-state index contributed by atoms with van der Waals surface area (Å²) in [5, 5.41) is 3.04. The molecular weight excluding hydrogens is 246 g/mol. The Labute approximate surface area is 115 Å². The fourth-order valence-electron chi connectivity index (χ4n) is 2.49. The van der Waals surface area contributed by atoms with Gasteiger partial charge in [-0.05, 0) is 31.6 Å². The zero-order valence-corrected chi connectivity index (χ0v) is 12.5. The van der Waals surface area contributed by atoms with Crippen molar-refractivity contribution in [2.24, 2.45) is 11.7 Å². The van der Waals surface area contributed by atoms with Crippen LogP contribution >= 0.6 is 12.2 Å². The fraction of sp³-hybridized carbons (Fsp3) is 0.846. The summed E-state index contributed by atoms with van der Waals surface area (Å²) in [6.45, 7) is 7.84. The molecule has 1 heterocycles. The molecule has 1 rings (SSSR count). The molecule has 0 aliphatic carbocycles. The van der Waals surface area contributed by atoms with Gasteiger partial charge in [-0.2, -0.15) is 0 Å². The molecule has 18 heavy (non-hydrogen) atoms. The van der Waals surface area contributed by atoms with Crippen molar-refractivity contribution in [2.75, 3.05) is 13.1 Å². The highest BCUT2D eigenvalue weighted by Crippen LogP contribution is 2.19. The number of amides is 2. The van der Waals surface area contributed by atoms with E-state index in [2.05, 4.69) is 12.2 Å². The van der Waals surface area contributed by atoms with Crippen LogP contribution in [0.25, 0.3) is 0 Å². The van der Waals surface area contributed by atoms with E-state index in [1.54, 1.807) is 0 Å². The van der Waals surface area contributed by atoms with Gasteiger partial charge in [0.15, 0.2) is 0 Å². The Kier molecular flexibility index (Phi) is 5.38. The van der Waals surface area contributed by atoms with E-state index in [1.807, 2.05) is 18.7 Å². The molecule has 0 saturated carbocycles. The maximum absolute atomic E-state index is 12.3. The van der Waals surface area contributed by atoms with Crippen LogP contribution in [0, 0.1) is 5.92 Å². The van der Waals surface area contributed by atoms with Crippen LogP contribution in [0.4, 0.5) is 4.79 Å². The summed E-state index contributed by atoms with van der Waals surface area (Å²) in [4.78, 5) is 14.5. The van der Waals surface area contributed by atoms with Gasteiger partial charge < -0.3 is 16.0 Å². The van der Waals surface area contributed by atoms with E-state index in [0.29, 0.717) is 10.9 Å². The molecule has 1 aliphatic heterocycles. The zero-order valence-electron chi connectivity index (χ0n) is 11.7. The van der Waals surface area contributed by atoms with Crippen molar-refractivity contribution in [3.05, 3.63) is 0 Å². The minimum atomic E-state index is -0.535. The van der Waals surface area contributed by atoms with E-state index in [9.17, 15) is 4.79 Å². The molecule has 3 N–H and O–H groups in total. The summed E-state index contributed by atoms with van der Waals surface area (Å²) in [6.07, 6.45) is 3.74. The van der Waals surface area contributed by atoms with Gasteiger partial charge in [-0.25, -0.2) is 4.79 Å².